The number of carbonyl (C=O) groups is 1. The third-order valence-electron chi connectivity index (χ3n) is 1.59. The fraction of sp³-hybridized carbons (Fsp3) is 0.250. The maximum absolute atomic E-state index is 11.0. The average Bonchev–Trinajstić information content (AvgIpc) is 2.16. The monoisotopic (exact) mass is 196 g/mol. The summed E-state index contributed by atoms with van der Waals surface area (Å²) in [6, 6.07) is 2.47. The Balaban J connectivity index is 3.27. The van der Waals surface area contributed by atoms with Crippen LogP contribution in [-0.2, 0) is 0 Å². The van der Waals surface area contributed by atoms with E-state index in [1.54, 1.807) is 0 Å². The molecule has 0 saturated heterocycles. The van der Waals surface area contributed by atoms with Crippen LogP contribution in [0.2, 0.25) is 0 Å². The summed E-state index contributed by atoms with van der Waals surface area (Å²) in [7, 11) is 1.33. The molecule has 0 spiro atoms. The van der Waals surface area contributed by atoms with Gasteiger partial charge in [0.1, 0.15) is 0 Å². The van der Waals surface area contributed by atoms with Gasteiger partial charge >= 0.3 is 11.7 Å². The largest absolute Gasteiger partial charge is 0.463 e. The van der Waals surface area contributed by atoms with Crippen molar-refractivity contribution in [1.82, 2.24) is 4.98 Å². The van der Waals surface area contributed by atoms with E-state index in [0.717, 1.165) is 6.07 Å². The summed E-state index contributed by atoms with van der Waals surface area (Å²) < 4.78 is 4.73. The van der Waals surface area contributed by atoms with E-state index in [9.17, 15) is 14.9 Å². The van der Waals surface area contributed by atoms with E-state index in [4.69, 9.17) is 4.74 Å². The smallest absolute Gasteiger partial charge is 0.368 e. The molecule has 1 heterocycles. The number of hydrogen-bond acceptors (Lipinski definition) is 5. The number of carbonyl (C=O) groups excluding carboxylic acids is 1. The minimum Gasteiger partial charge on any atom is -0.463 e. The van der Waals surface area contributed by atoms with Gasteiger partial charge in [-0.1, -0.05) is 0 Å². The lowest BCUT2D eigenvalue weighted by Crippen LogP contribution is -2.00. The molecule has 0 unspecified atom stereocenters. The Morgan fingerprint density at radius 1 is 1.57 bits per heavy atom. The molecule has 14 heavy (non-hydrogen) atoms. The lowest BCUT2D eigenvalue weighted by Gasteiger charge is -1.98. The van der Waals surface area contributed by atoms with Crippen LogP contribution in [0.3, 0.4) is 0 Å². The van der Waals surface area contributed by atoms with Crippen molar-refractivity contribution in [1.29, 1.82) is 0 Å². The van der Waals surface area contributed by atoms with Crippen molar-refractivity contribution >= 4 is 11.6 Å². The fourth-order valence-electron chi connectivity index (χ4n) is 0.893. The lowest BCUT2D eigenvalue weighted by molar-refractivity contribution is -0.389. The predicted molar refractivity (Wildman–Crippen MR) is 47.4 cm³/mol. The zero-order valence-electron chi connectivity index (χ0n) is 7.68. The van der Waals surface area contributed by atoms with Crippen LogP contribution >= 0.6 is 0 Å². The highest BCUT2D eigenvalue weighted by Crippen LogP contribution is 2.17. The van der Waals surface area contributed by atoms with E-state index in [1.165, 1.54) is 20.1 Å². The van der Waals surface area contributed by atoms with Gasteiger partial charge in [0.2, 0.25) is 0 Å². The molecule has 0 radical (unpaired) electrons. The number of methoxy groups -OCH3 is 1. The molecule has 74 valence electrons. The molecule has 0 saturated carbocycles. The molecule has 0 bridgehead atoms. The topological polar surface area (TPSA) is 82.3 Å². The van der Waals surface area contributed by atoms with Gasteiger partial charge in [-0.05, 0) is 11.8 Å². The number of ether oxygens (including phenoxy) is 1. The highest BCUT2D eigenvalue weighted by atomic mass is 16.6. The normalized spacial score (nSPS) is 9.57. The zero-order chi connectivity index (χ0) is 10.7. The Kier molecular flexibility index (Phi) is 2.76. The highest BCUT2D eigenvalue weighted by molar-refractivity contribution is 5.94. The van der Waals surface area contributed by atoms with Crippen LogP contribution in [0, 0.1) is 10.1 Å². The molecule has 0 aliphatic heterocycles. The third kappa shape index (κ3) is 2.03. The van der Waals surface area contributed by atoms with E-state index in [2.05, 4.69) is 4.98 Å². The number of hydrogen-bond donors (Lipinski definition) is 0. The predicted octanol–water partition coefficient (Wildman–Crippen LogP) is 1.20. The first-order valence-electron chi connectivity index (χ1n) is 3.76. The Hall–Kier alpha value is -1.98. The van der Waals surface area contributed by atoms with Crippen LogP contribution in [0.5, 0.6) is 5.88 Å². The van der Waals surface area contributed by atoms with Gasteiger partial charge in [0.15, 0.2) is 5.78 Å². The standard InChI is InChI=1S/C8H8N2O4/c1-5(11)6-3-7(10(12)13)9-8(4-6)14-2/h3-4H,1-2H3. The number of nitro groups is 1. The summed E-state index contributed by atoms with van der Waals surface area (Å²) >= 11 is 0. The molecular weight excluding hydrogens is 188 g/mol. The zero-order valence-corrected chi connectivity index (χ0v) is 7.68. The molecule has 6 nitrogen and oxygen atoms in total. The first kappa shape index (κ1) is 10.1. The Labute approximate surface area is 79.7 Å². The van der Waals surface area contributed by atoms with E-state index >= 15 is 0 Å². The number of aromatic nitrogens is 1. The van der Waals surface area contributed by atoms with Crippen molar-refractivity contribution in [3.63, 3.8) is 0 Å². The summed E-state index contributed by atoms with van der Waals surface area (Å²) in [5.74, 6) is -0.604. The second kappa shape index (κ2) is 3.82. The SMILES string of the molecule is COc1cc(C(C)=O)cc([N+](=O)[O-])n1. The highest BCUT2D eigenvalue weighted by Gasteiger charge is 2.15. The molecule has 0 fully saturated rings. The van der Waals surface area contributed by atoms with Crippen molar-refractivity contribution in [3.8, 4) is 5.88 Å². The quantitative estimate of drug-likeness (QED) is 0.412. The van der Waals surface area contributed by atoms with Crippen LogP contribution < -0.4 is 4.74 Å². The number of Topliss-reactive ketones (excluding diaryl/α,β-unsaturated/α-hetero) is 1. The summed E-state index contributed by atoms with van der Waals surface area (Å²) in [5, 5.41) is 10.4. The molecule has 6 heteroatoms. The maximum Gasteiger partial charge on any atom is 0.368 e. The minimum atomic E-state index is -0.672. The second-order valence-corrected chi connectivity index (χ2v) is 2.57. The van der Waals surface area contributed by atoms with Gasteiger partial charge in [-0.15, -0.1) is 0 Å². The molecule has 1 aromatic heterocycles. The van der Waals surface area contributed by atoms with Gasteiger partial charge in [-0.2, -0.15) is 0 Å². The molecule has 1 rings (SSSR count). The lowest BCUT2D eigenvalue weighted by atomic mass is 10.2. The maximum atomic E-state index is 11.0. The molecule has 0 aliphatic rings. The van der Waals surface area contributed by atoms with Crippen molar-refractivity contribution in [2.45, 2.75) is 6.92 Å². The molecule has 0 N–H and O–H groups in total. The second-order valence-electron chi connectivity index (χ2n) is 2.57. The Morgan fingerprint density at radius 3 is 2.64 bits per heavy atom. The van der Waals surface area contributed by atoms with Crippen LogP contribution in [0.25, 0.3) is 0 Å². The van der Waals surface area contributed by atoms with Gasteiger partial charge in [-0.3, -0.25) is 4.79 Å². The van der Waals surface area contributed by atoms with Gasteiger partial charge in [0, 0.05) is 22.7 Å². The Morgan fingerprint density at radius 2 is 2.21 bits per heavy atom. The Bertz CT molecular complexity index is 357. The summed E-state index contributed by atoms with van der Waals surface area (Å²) in [6.07, 6.45) is 0. The molecule has 0 atom stereocenters. The third-order valence-corrected chi connectivity index (χ3v) is 1.59. The fourth-order valence-corrected chi connectivity index (χ4v) is 0.893. The van der Waals surface area contributed by atoms with Crippen LogP contribution in [0.15, 0.2) is 12.1 Å². The van der Waals surface area contributed by atoms with E-state index in [1.807, 2.05) is 0 Å². The van der Waals surface area contributed by atoms with Gasteiger partial charge in [0.05, 0.1) is 7.11 Å². The first-order valence-corrected chi connectivity index (χ1v) is 3.76. The van der Waals surface area contributed by atoms with Gasteiger partial charge in [0.25, 0.3) is 0 Å². The van der Waals surface area contributed by atoms with E-state index < -0.39 is 10.7 Å². The number of ketones is 1. The summed E-state index contributed by atoms with van der Waals surface area (Å²) in [4.78, 5) is 24.3. The van der Waals surface area contributed by atoms with Crippen molar-refractivity contribution in [2.24, 2.45) is 0 Å². The van der Waals surface area contributed by atoms with E-state index in [-0.39, 0.29) is 17.2 Å². The van der Waals surface area contributed by atoms with Crippen LogP contribution in [0.1, 0.15) is 17.3 Å². The van der Waals surface area contributed by atoms with Gasteiger partial charge < -0.3 is 14.9 Å². The van der Waals surface area contributed by atoms with Crippen molar-refractivity contribution in [2.75, 3.05) is 7.11 Å². The molecule has 0 aromatic carbocycles. The van der Waals surface area contributed by atoms with Crippen LogP contribution in [0.4, 0.5) is 5.82 Å². The van der Waals surface area contributed by atoms with E-state index in [0.29, 0.717) is 0 Å². The van der Waals surface area contributed by atoms with Crippen molar-refractivity contribution < 1.29 is 14.5 Å². The average molecular weight is 196 g/mol. The van der Waals surface area contributed by atoms with Gasteiger partial charge in [-0.25, -0.2) is 0 Å². The number of pyridine rings is 1. The van der Waals surface area contributed by atoms with Crippen LogP contribution in [-0.4, -0.2) is 22.8 Å². The van der Waals surface area contributed by atoms with Crippen molar-refractivity contribution in [3.05, 3.63) is 27.8 Å². The molecule has 1 aromatic rings. The minimum absolute atomic E-state index is 0.0596. The summed E-state index contributed by atoms with van der Waals surface area (Å²) in [5.41, 5.74) is 0.212. The number of nitrogens with zero attached hydrogens (tertiary/aromatic N) is 2. The molecule has 0 aliphatic carbocycles. The molecular formula is C8H8N2O4. The first-order chi connectivity index (χ1) is 6.54. The number of rotatable bonds is 3. The summed E-state index contributed by atoms with van der Waals surface area (Å²) in [6.45, 7) is 1.32. The molecule has 0 amide bonds.